The molecule has 1 aliphatic heterocycles. The molecule has 0 aromatic rings. The Morgan fingerprint density at radius 2 is 1.70 bits per heavy atom. The average molecular weight is 283 g/mol. The topological polar surface area (TPSA) is 81.7 Å². The number of amides is 2. The van der Waals surface area contributed by atoms with Crippen LogP contribution in [0.5, 0.6) is 0 Å². The monoisotopic (exact) mass is 283 g/mol. The van der Waals surface area contributed by atoms with Crippen LogP contribution in [-0.2, 0) is 4.79 Å². The van der Waals surface area contributed by atoms with E-state index in [2.05, 4.69) is 10.6 Å². The van der Waals surface area contributed by atoms with E-state index in [4.69, 9.17) is 5.11 Å². The van der Waals surface area contributed by atoms with Crippen molar-refractivity contribution in [3.8, 4) is 0 Å². The lowest BCUT2D eigenvalue weighted by molar-refractivity contribution is -0.142. The first-order chi connectivity index (χ1) is 9.58. The maximum absolute atomic E-state index is 12.2. The van der Waals surface area contributed by atoms with Crippen LogP contribution in [0.25, 0.3) is 0 Å². The molecule has 1 heterocycles. The number of nitrogens with one attached hydrogen (secondary N) is 2. The number of hydrogen-bond acceptors (Lipinski definition) is 3. The predicted molar refractivity (Wildman–Crippen MR) is 75.6 cm³/mol. The van der Waals surface area contributed by atoms with Crippen LogP contribution in [0, 0.1) is 5.92 Å². The van der Waals surface area contributed by atoms with Crippen molar-refractivity contribution in [2.24, 2.45) is 5.92 Å². The highest BCUT2D eigenvalue weighted by molar-refractivity contribution is 5.74. The van der Waals surface area contributed by atoms with Crippen LogP contribution in [-0.4, -0.2) is 54.2 Å². The molecule has 2 fully saturated rings. The number of carboxylic acid groups (broad SMARTS) is 1. The number of rotatable bonds is 3. The maximum Gasteiger partial charge on any atom is 0.317 e. The van der Waals surface area contributed by atoms with E-state index in [1.54, 1.807) is 0 Å². The van der Waals surface area contributed by atoms with Gasteiger partial charge in [0.25, 0.3) is 0 Å². The van der Waals surface area contributed by atoms with Gasteiger partial charge in [-0.2, -0.15) is 0 Å². The molecule has 2 rings (SSSR count). The van der Waals surface area contributed by atoms with Crippen LogP contribution in [0.1, 0.15) is 38.5 Å². The number of aliphatic carboxylic acids is 1. The van der Waals surface area contributed by atoms with Gasteiger partial charge in [0.1, 0.15) is 0 Å². The van der Waals surface area contributed by atoms with Gasteiger partial charge in [-0.25, -0.2) is 4.79 Å². The van der Waals surface area contributed by atoms with Crippen molar-refractivity contribution in [3.05, 3.63) is 0 Å². The van der Waals surface area contributed by atoms with Gasteiger partial charge >= 0.3 is 12.0 Å². The minimum atomic E-state index is -0.707. The van der Waals surface area contributed by atoms with Crippen LogP contribution in [0.4, 0.5) is 4.79 Å². The number of urea groups is 1. The van der Waals surface area contributed by atoms with Gasteiger partial charge in [-0.3, -0.25) is 4.79 Å². The lowest BCUT2D eigenvalue weighted by Crippen LogP contribution is -2.50. The average Bonchev–Trinajstić information content (AvgIpc) is 2.48. The molecule has 0 unspecified atom stereocenters. The second-order valence-corrected chi connectivity index (χ2v) is 5.93. The molecule has 2 amide bonds. The fourth-order valence-corrected chi connectivity index (χ4v) is 3.12. The highest BCUT2D eigenvalue weighted by atomic mass is 16.4. The molecule has 1 saturated carbocycles. The summed E-state index contributed by atoms with van der Waals surface area (Å²) in [5, 5.41) is 15.3. The summed E-state index contributed by atoms with van der Waals surface area (Å²) in [6.07, 6.45) is 4.85. The molecular weight excluding hydrogens is 258 g/mol. The standard InChI is InChI=1S/C14H25N3O3/c1-17(12-6-8-15-9-7-12)14(20)16-11-4-2-10(3-5-11)13(18)19/h10-12,15H,2-9H2,1H3,(H,16,20)(H,18,19). The van der Waals surface area contributed by atoms with Crippen molar-refractivity contribution in [3.63, 3.8) is 0 Å². The zero-order valence-corrected chi connectivity index (χ0v) is 12.1. The summed E-state index contributed by atoms with van der Waals surface area (Å²) >= 11 is 0. The summed E-state index contributed by atoms with van der Waals surface area (Å²) in [6.45, 7) is 1.93. The highest BCUT2D eigenvalue weighted by Crippen LogP contribution is 2.24. The van der Waals surface area contributed by atoms with Gasteiger partial charge in [-0.15, -0.1) is 0 Å². The summed E-state index contributed by atoms with van der Waals surface area (Å²) in [7, 11) is 1.86. The van der Waals surface area contributed by atoms with E-state index in [1.165, 1.54) is 0 Å². The zero-order valence-electron chi connectivity index (χ0n) is 12.1. The Morgan fingerprint density at radius 3 is 2.25 bits per heavy atom. The fraction of sp³-hybridized carbons (Fsp3) is 0.857. The van der Waals surface area contributed by atoms with Crippen molar-refractivity contribution >= 4 is 12.0 Å². The largest absolute Gasteiger partial charge is 0.481 e. The summed E-state index contributed by atoms with van der Waals surface area (Å²) in [5.74, 6) is -0.938. The molecule has 114 valence electrons. The number of carbonyl (C=O) groups is 2. The molecule has 3 N–H and O–H groups in total. The van der Waals surface area contributed by atoms with E-state index in [0.29, 0.717) is 18.9 Å². The van der Waals surface area contributed by atoms with Gasteiger partial charge in [-0.05, 0) is 51.6 Å². The Labute approximate surface area is 119 Å². The molecule has 0 bridgehead atoms. The van der Waals surface area contributed by atoms with Crippen molar-refractivity contribution in [2.45, 2.75) is 50.6 Å². The number of piperidine rings is 1. The first kappa shape index (κ1) is 15.1. The van der Waals surface area contributed by atoms with E-state index in [1.807, 2.05) is 11.9 Å². The summed E-state index contributed by atoms with van der Waals surface area (Å²) in [5.41, 5.74) is 0. The summed E-state index contributed by atoms with van der Waals surface area (Å²) in [6, 6.07) is 0.421. The Balaban J connectivity index is 1.75. The van der Waals surface area contributed by atoms with E-state index >= 15 is 0 Å². The molecule has 6 heteroatoms. The molecule has 1 saturated heterocycles. The van der Waals surface area contributed by atoms with E-state index < -0.39 is 5.97 Å². The van der Waals surface area contributed by atoms with E-state index in [-0.39, 0.29) is 18.0 Å². The van der Waals surface area contributed by atoms with Crippen LogP contribution in [0.15, 0.2) is 0 Å². The number of carboxylic acids is 1. The third-order valence-corrected chi connectivity index (χ3v) is 4.58. The van der Waals surface area contributed by atoms with Crippen molar-refractivity contribution in [2.75, 3.05) is 20.1 Å². The van der Waals surface area contributed by atoms with Gasteiger partial charge in [0.05, 0.1) is 5.92 Å². The quantitative estimate of drug-likeness (QED) is 0.722. The Bertz CT molecular complexity index is 348. The molecular formula is C14H25N3O3. The second-order valence-electron chi connectivity index (χ2n) is 5.93. The normalized spacial score (nSPS) is 27.9. The van der Waals surface area contributed by atoms with Crippen LogP contribution in [0.2, 0.25) is 0 Å². The third-order valence-electron chi connectivity index (χ3n) is 4.58. The van der Waals surface area contributed by atoms with Crippen molar-refractivity contribution in [1.82, 2.24) is 15.5 Å². The second kappa shape index (κ2) is 6.92. The van der Waals surface area contributed by atoms with Gasteiger partial charge in [-0.1, -0.05) is 0 Å². The molecule has 2 aliphatic rings. The smallest absolute Gasteiger partial charge is 0.317 e. The lowest BCUT2D eigenvalue weighted by atomic mass is 9.86. The minimum Gasteiger partial charge on any atom is -0.481 e. The fourth-order valence-electron chi connectivity index (χ4n) is 3.12. The number of hydrogen-bond donors (Lipinski definition) is 3. The van der Waals surface area contributed by atoms with Crippen LogP contribution >= 0.6 is 0 Å². The van der Waals surface area contributed by atoms with E-state index in [9.17, 15) is 9.59 Å². The van der Waals surface area contributed by atoms with Gasteiger partial charge in [0, 0.05) is 19.1 Å². The van der Waals surface area contributed by atoms with E-state index in [0.717, 1.165) is 38.8 Å². The Hall–Kier alpha value is -1.30. The molecule has 0 aromatic heterocycles. The Kier molecular flexibility index (Phi) is 5.23. The van der Waals surface area contributed by atoms with Crippen LogP contribution < -0.4 is 10.6 Å². The third kappa shape index (κ3) is 3.85. The molecule has 0 aromatic carbocycles. The lowest BCUT2D eigenvalue weighted by Gasteiger charge is -2.34. The zero-order chi connectivity index (χ0) is 14.5. The first-order valence-electron chi connectivity index (χ1n) is 7.54. The Morgan fingerprint density at radius 1 is 1.10 bits per heavy atom. The minimum absolute atomic E-state index is 0.0179. The molecule has 0 spiro atoms. The van der Waals surface area contributed by atoms with Gasteiger partial charge in [0.15, 0.2) is 0 Å². The molecule has 0 atom stereocenters. The molecule has 1 aliphatic carbocycles. The number of nitrogens with zero attached hydrogens (tertiary/aromatic N) is 1. The van der Waals surface area contributed by atoms with Crippen LogP contribution in [0.3, 0.4) is 0 Å². The maximum atomic E-state index is 12.2. The van der Waals surface area contributed by atoms with Gasteiger partial charge in [0.2, 0.25) is 0 Å². The summed E-state index contributed by atoms with van der Waals surface area (Å²) in [4.78, 5) is 24.9. The molecule has 6 nitrogen and oxygen atoms in total. The van der Waals surface area contributed by atoms with Crippen molar-refractivity contribution < 1.29 is 14.7 Å². The predicted octanol–water partition coefficient (Wildman–Crippen LogP) is 1.02. The SMILES string of the molecule is CN(C(=O)NC1CCC(C(=O)O)CC1)C1CCNCC1. The van der Waals surface area contributed by atoms with Crippen molar-refractivity contribution in [1.29, 1.82) is 0 Å². The summed E-state index contributed by atoms with van der Waals surface area (Å²) < 4.78 is 0. The van der Waals surface area contributed by atoms with Gasteiger partial charge < -0.3 is 20.6 Å². The highest BCUT2D eigenvalue weighted by Gasteiger charge is 2.28. The molecule has 0 radical (unpaired) electrons. The number of carbonyl (C=O) groups excluding carboxylic acids is 1. The first-order valence-corrected chi connectivity index (χ1v) is 7.54. The molecule has 20 heavy (non-hydrogen) atoms.